The molecule has 0 saturated heterocycles. The van der Waals surface area contributed by atoms with E-state index >= 15 is 0 Å². The third-order valence-corrected chi connectivity index (χ3v) is 3.07. The van der Waals surface area contributed by atoms with Gasteiger partial charge in [0, 0.05) is 18.0 Å². The molecule has 3 aromatic rings. The molecule has 0 bridgehead atoms. The van der Waals surface area contributed by atoms with Crippen molar-refractivity contribution in [1.82, 2.24) is 9.97 Å². The van der Waals surface area contributed by atoms with E-state index in [1.54, 1.807) is 24.5 Å². The number of aromatic nitrogens is 2. The quantitative estimate of drug-likeness (QED) is 0.615. The third kappa shape index (κ3) is 4.83. The Bertz CT molecular complexity index is 705. The summed E-state index contributed by atoms with van der Waals surface area (Å²) < 4.78 is 0.884. The van der Waals surface area contributed by atoms with Gasteiger partial charge in [-0.15, -0.1) is 0 Å². The molecule has 1 aromatic carbocycles. The molecule has 0 spiro atoms. The number of benzene rings is 1. The number of rotatable bonds is 1. The molecule has 0 aliphatic heterocycles. The molecule has 0 saturated carbocycles. The van der Waals surface area contributed by atoms with Crippen molar-refractivity contribution in [3.05, 3.63) is 83.2 Å². The second-order valence-electron chi connectivity index (χ2n) is 4.06. The van der Waals surface area contributed by atoms with Crippen molar-refractivity contribution >= 4 is 15.9 Å². The van der Waals surface area contributed by atoms with E-state index in [2.05, 4.69) is 32.0 Å². The Labute approximate surface area is 132 Å². The lowest BCUT2D eigenvalue weighted by Gasteiger charge is -1.98. The van der Waals surface area contributed by atoms with Gasteiger partial charge < -0.3 is 0 Å². The number of pyridine rings is 2. The SMILES string of the molecule is Brc1ccccn1.N#Cc1ccc(-c2ccccn2)cc1. The Balaban J connectivity index is 0.000000194. The first kappa shape index (κ1) is 14.9. The van der Waals surface area contributed by atoms with Crippen LogP contribution in [0.4, 0.5) is 0 Å². The van der Waals surface area contributed by atoms with Crippen LogP contribution in [0.1, 0.15) is 5.56 Å². The maximum absolute atomic E-state index is 8.63. The summed E-state index contributed by atoms with van der Waals surface area (Å²) in [6, 6.07) is 21.0. The number of halogens is 1. The van der Waals surface area contributed by atoms with Crippen LogP contribution in [0.15, 0.2) is 77.7 Å². The van der Waals surface area contributed by atoms with Gasteiger partial charge in [-0.05, 0) is 52.3 Å². The van der Waals surface area contributed by atoms with Gasteiger partial charge in [-0.1, -0.05) is 24.3 Å². The smallest absolute Gasteiger partial charge is 0.106 e. The van der Waals surface area contributed by atoms with Gasteiger partial charge in [0.25, 0.3) is 0 Å². The van der Waals surface area contributed by atoms with Crippen LogP contribution in [0.25, 0.3) is 11.3 Å². The largest absolute Gasteiger partial charge is 0.256 e. The van der Waals surface area contributed by atoms with Gasteiger partial charge in [-0.3, -0.25) is 4.98 Å². The molecule has 0 radical (unpaired) electrons. The topological polar surface area (TPSA) is 49.6 Å². The van der Waals surface area contributed by atoms with Crippen molar-refractivity contribution in [2.24, 2.45) is 0 Å². The van der Waals surface area contributed by atoms with E-state index in [0.29, 0.717) is 5.56 Å². The van der Waals surface area contributed by atoms with Gasteiger partial charge >= 0.3 is 0 Å². The Morgan fingerprint density at radius 3 is 1.90 bits per heavy atom. The van der Waals surface area contributed by atoms with Crippen molar-refractivity contribution in [2.75, 3.05) is 0 Å². The van der Waals surface area contributed by atoms with Crippen LogP contribution in [0, 0.1) is 11.3 Å². The molecule has 0 amide bonds. The van der Waals surface area contributed by atoms with E-state index in [9.17, 15) is 0 Å². The van der Waals surface area contributed by atoms with Crippen molar-refractivity contribution in [1.29, 1.82) is 5.26 Å². The zero-order chi connectivity index (χ0) is 14.9. The minimum Gasteiger partial charge on any atom is -0.256 e. The van der Waals surface area contributed by atoms with Crippen molar-refractivity contribution < 1.29 is 0 Å². The van der Waals surface area contributed by atoms with E-state index < -0.39 is 0 Å². The summed E-state index contributed by atoms with van der Waals surface area (Å²) in [4.78, 5) is 8.12. The molecule has 3 nitrogen and oxygen atoms in total. The first-order valence-electron chi connectivity index (χ1n) is 6.27. The summed E-state index contributed by atoms with van der Waals surface area (Å²) >= 11 is 3.20. The zero-order valence-electron chi connectivity index (χ0n) is 11.1. The van der Waals surface area contributed by atoms with Crippen LogP contribution in [-0.2, 0) is 0 Å². The number of hydrogen-bond donors (Lipinski definition) is 0. The highest BCUT2D eigenvalue weighted by Crippen LogP contribution is 2.16. The summed E-state index contributed by atoms with van der Waals surface area (Å²) in [5, 5.41) is 8.63. The minimum absolute atomic E-state index is 0.671. The second-order valence-corrected chi connectivity index (χ2v) is 4.87. The van der Waals surface area contributed by atoms with Crippen molar-refractivity contribution in [3.63, 3.8) is 0 Å². The van der Waals surface area contributed by atoms with E-state index in [0.717, 1.165) is 15.9 Å². The van der Waals surface area contributed by atoms with Crippen molar-refractivity contribution in [2.45, 2.75) is 0 Å². The van der Waals surface area contributed by atoms with E-state index in [-0.39, 0.29) is 0 Å². The molecular formula is C17H12BrN3. The maximum Gasteiger partial charge on any atom is 0.106 e. The van der Waals surface area contributed by atoms with Crippen LogP contribution in [0.2, 0.25) is 0 Å². The molecule has 21 heavy (non-hydrogen) atoms. The third-order valence-electron chi connectivity index (χ3n) is 2.60. The molecule has 0 unspecified atom stereocenters. The van der Waals surface area contributed by atoms with Crippen LogP contribution < -0.4 is 0 Å². The van der Waals surface area contributed by atoms with E-state index in [4.69, 9.17) is 5.26 Å². The fraction of sp³-hybridized carbons (Fsp3) is 0. The van der Waals surface area contributed by atoms with E-state index in [1.807, 2.05) is 48.5 Å². The van der Waals surface area contributed by atoms with Gasteiger partial charge in [-0.2, -0.15) is 5.26 Å². The maximum atomic E-state index is 8.63. The highest BCUT2D eigenvalue weighted by atomic mass is 79.9. The lowest BCUT2D eigenvalue weighted by Crippen LogP contribution is -1.81. The molecule has 0 atom stereocenters. The first-order valence-corrected chi connectivity index (χ1v) is 7.07. The van der Waals surface area contributed by atoms with Crippen LogP contribution >= 0.6 is 15.9 Å². The summed E-state index contributed by atoms with van der Waals surface area (Å²) in [6.45, 7) is 0. The number of nitrogens with zero attached hydrogens (tertiary/aromatic N) is 3. The highest BCUT2D eigenvalue weighted by Gasteiger charge is 1.97. The Morgan fingerprint density at radius 1 is 0.810 bits per heavy atom. The summed E-state index contributed by atoms with van der Waals surface area (Å²) in [7, 11) is 0. The lowest BCUT2D eigenvalue weighted by atomic mass is 10.1. The molecular weight excluding hydrogens is 326 g/mol. The predicted octanol–water partition coefficient (Wildman–Crippen LogP) is 4.46. The molecule has 0 N–H and O–H groups in total. The zero-order valence-corrected chi connectivity index (χ0v) is 12.7. The van der Waals surface area contributed by atoms with E-state index in [1.165, 1.54) is 0 Å². The van der Waals surface area contributed by atoms with Gasteiger partial charge in [0.15, 0.2) is 0 Å². The molecule has 0 fully saturated rings. The van der Waals surface area contributed by atoms with Gasteiger partial charge in [0.1, 0.15) is 4.60 Å². The van der Waals surface area contributed by atoms with Gasteiger partial charge in [-0.25, -0.2) is 4.98 Å². The fourth-order valence-electron chi connectivity index (χ4n) is 1.59. The number of nitriles is 1. The van der Waals surface area contributed by atoms with Crippen molar-refractivity contribution in [3.8, 4) is 17.3 Å². The normalized spacial score (nSPS) is 9.14. The average Bonchev–Trinajstić information content (AvgIpc) is 2.57. The molecule has 3 rings (SSSR count). The summed E-state index contributed by atoms with van der Waals surface area (Å²) in [5.41, 5.74) is 2.63. The molecule has 0 aliphatic carbocycles. The molecule has 4 heteroatoms. The van der Waals surface area contributed by atoms with Gasteiger partial charge in [0.2, 0.25) is 0 Å². The Morgan fingerprint density at radius 2 is 1.48 bits per heavy atom. The summed E-state index contributed by atoms with van der Waals surface area (Å²) in [5.74, 6) is 0. The molecule has 0 aliphatic rings. The average molecular weight is 338 g/mol. The monoisotopic (exact) mass is 337 g/mol. The lowest BCUT2D eigenvalue weighted by molar-refractivity contribution is 1.28. The Hall–Kier alpha value is -2.51. The molecule has 2 aromatic heterocycles. The predicted molar refractivity (Wildman–Crippen MR) is 86.3 cm³/mol. The van der Waals surface area contributed by atoms with Crippen LogP contribution in [0.3, 0.4) is 0 Å². The molecule has 102 valence electrons. The van der Waals surface area contributed by atoms with Crippen LogP contribution in [0.5, 0.6) is 0 Å². The first-order chi connectivity index (χ1) is 10.3. The number of hydrogen-bond acceptors (Lipinski definition) is 3. The molecule has 2 heterocycles. The Kier molecular flexibility index (Phi) is 5.62. The van der Waals surface area contributed by atoms with Gasteiger partial charge in [0.05, 0.1) is 17.3 Å². The second kappa shape index (κ2) is 7.93. The standard InChI is InChI=1S/C12H8N2.C5H4BrN/c13-9-10-4-6-11(7-5-10)12-3-1-2-8-14-12;6-5-3-1-2-4-7-5/h1-8H;1-4H. The summed E-state index contributed by atoms with van der Waals surface area (Å²) in [6.07, 6.45) is 3.50. The minimum atomic E-state index is 0.671. The highest BCUT2D eigenvalue weighted by molar-refractivity contribution is 9.10. The van der Waals surface area contributed by atoms with Crippen LogP contribution in [-0.4, -0.2) is 9.97 Å². The fourth-order valence-corrected chi connectivity index (χ4v) is 1.86.